The zero-order valence-corrected chi connectivity index (χ0v) is 17.5. The Morgan fingerprint density at radius 3 is 2.00 bits per heavy atom. The summed E-state index contributed by atoms with van der Waals surface area (Å²) in [6, 6.07) is 16.4. The molecule has 2 atom stereocenters. The molecule has 0 fully saturated rings. The molecule has 0 aliphatic carbocycles. The van der Waals surface area contributed by atoms with Crippen LogP contribution >= 0.6 is 0 Å². The normalized spacial score (nSPS) is 12.5. The molecule has 2 rings (SSSR count). The fourth-order valence-corrected chi connectivity index (χ4v) is 2.68. The van der Waals surface area contributed by atoms with Crippen molar-refractivity contribution in [3.63, 3.8) is 0 Å². The van der Waals surface area contributed by atoms with Crippen molar-refractivity contribution in [2.75, 3.05) is 13.7 Å². The van der Waals surface area contributed by atoms with Crippen molar-refractivity contribution in [1.82, 2.24) is 5.32 Å². The summed E-state index contributed by atoms with van der Waals surface area (Å²) in [5.74, 6) is -1.71. The molecule has 0 heterocycles. The number of hydrogen-bond donors (Lipinski definition) is 2. The topological polar surface area (TPSA) is 117 Å². The van der Waals surface area contributed by atoms with Crippen LogP contribution < -0.4 is 11.1 Å². The summed E-state index contributed by atoms with van der Waals surface area (Å²) in [4.78, 5) is 36.9. The number of rotatable bonds is 12. The van der Waals surface area contributed by atoms with Crippen LogP contribution in [0.4, 0.5) is 0 Å². The van der Waals surface area contributed by atoms with E-state index in [1.54, 1.807) is 0 Å². The molecule has 0 spiro atoms. The van der Waals surface area contributed by atoms with Crippen molar-refractivity contribution in [1.29, 1.82) is 0 Å². The lowest BCUT2D eigenvalue weighted by molar-refractivity contribution is -0.150. The van der Waals surface area contributed by atoms with Crippen molar-refractivity contribution < 1.29 is 28.6 Å². The number of methoxy groups -OCH3 is 1. The van der Waals surface area contributed by atoms with Crippen LogP contribution in [0.5, 0.6) is 0 Å². The fourth-order valence-electron chi connectivity index (χ4n) is 2.68. The molecule has 166 valence electrons. The number of nitrogens with one attached hydrogen (secondary N) is 1. The van der Waals surface area contributed by atoms with Crippen LogP contribution in [0.1, 0.15) is 24.0 Å². The van der Waals surface area contributed by atoms with Gasteiger partial charge in [-0.15, -0.1) is 0 Å². The van der Waals surface area contributed by atoms with Gasteiger partial charge in [-0.25, -0.2) is 4.79 Å². The average Bonchev–Trinajstić information content (AvgIpc) is 2.80. The quantitative estimate of drug-likeness (QED) is 0.494. The van der Waals surface area contributed by atoms with Gasteiger partial charge in [-0.05, 0) is 17.5 Å². The number of esters is 2. The zero-order valence-electron chi connectivity index (χ0n) is 17.5. The smallest absolute Gasteiger partial charge is 0.328 e. The zero-order chi connectivity index (χ0) is 22.5. The number of ether oxygens (including phenoxy) is 3. The summed E-state index contributed by atoms with van der Waals surface area (Å²) >= 11 is 0. The Balaban J connectivity index is 1.91. The maximum Gasteiger partial charge on any atom is 0.328 e. The van der Waals surface area contributed by atoms with Gasteiger partial charge < -0.3 is 25.3 Å². The number of nitrogens with two attached hydrogens (primary N) is 1. The highest BCUT2D eigenvalue weighted by molar-refractivity contribution is 5.87. The van der Waals surface area contributed by atoms with E-state index in [2.05, 4.69) is 5.32 Å². The fraction of sp³-hybridized carbons (Fsp3) is 0.348. The van der Waals surface area contributed by atoms with Crippen LogP contribution in [0.15, 0.2) is 60.7 Å². The Labute approximate surface area is 181 Å². The molecule has 0 aliphatic heterocycles. The summed E-state index contributed by atoms with van der Waals surface area (Å²) in [6.45, 7) is 0.180. The summed E-state index contributed by atoms with van der Waals surface area (Å²) in [6.07, 6.45) is -0.0512. The highest BCUT2D eigenvalue weighted by atomic mass is 16.5. The number of amides is 1. The number of carbonyl (C=O) groups excluding carboxylic acids is 3. The first-order valence-corrected chi connectivity index (χ1v) is 9.94. The van der Waals surface area contributed by atoms with Gasteiger partial charge in [0.15, 0.2) is 0 Å². The largest absolute Gasteiger partial charge is 0.461 e. The SMILES string of the molecule is COC[C@H](N)C(=O)N[C@@H](CCC(=O)OCc1ccccc1)C(=O)OCc1ccccc1. The van der Waals surface area contributed by atoms with Gasteiger partial charge in [-0.1, -0.05) is 60.7 Å². The Morgan fingerprint density at radius 2 is 1.45 bits per heavy atom. The molecule has 0 bridgehead atoms. The lowest BCUT2D eigenvalue weighted by Gasteiger charge is -2.19. The summed E-state index contributed by atoms with van der Waals surface area (Å²) in [5.41, 5.74) is 7.39. The van der Waals surface area contributed by atoms with E-state index < -0.39 is 29.9 Å². The highest BCUT2D eigenvalue weighted by Crippen LogP contribution is 2.08. The van der Waals surface area contributed by atoms with Crippen molar-refractivity contribution >= 4 is 17.8 Å². The van der Waals surface area contributed by atoms with E-state index in [1.165, 1.54) is 7.11 Å². The molecule has 0 saturated carbocycles. The first-order valence-electron chi connectivity index (χ1n) is 9.94. The molecule has 0 aromatic heterocycles. The Bertz CT molecular complexity index is 828. The van der Waals surface area contributed by atoms with Gasteiger partial charge in [0.2, 0.25) is 5.91 Å². The number of carbonyl (C=O) groups is 3. The van der Waals surface area contributed by atoms with Gasteiger partial charge in [0.1, 0.15) is 25.3 Å². The Morgan fingerprint density at radius 1 is 0.903 bits per heavy atom. The molecular formula is C23H28N2O6. The first-order chi connectivity index (χ1) is 15.0. The van der Waals surface area contributed by atoms with Crippen LogP contribution in [0, 0.1) is 0 Å². The van der Waals surface area contributed by atoms with E-state index in [1.807, 2.05) is 60.7 Å². The third-order valence-electron chi connectivity index (χ3n) is 4.39. The minimum absolute atomic E-state index is 0.00324. The van der Waals surface area contributed by atoms with E-state index in [9.17, 15) is 14.4 Å². The molecule has 0 unspecified atom stereocenters. The van der Waals surface area contributed by atoms with Crippen LogP contribution in [0.3, 0.4) is 0 Å². The highest BCUT2D eigenvalue weighted by Gasteiger charge is 2.26. The van der Waals surface area contributed by atoms with Crippen molar-refractivity contribution in [2.24, 2.45) is 5.73 Å². The van der Waals surface area contributed by atoms with Gasteiger partial charge in [-0.3, -0.25) is 9.59 Å². The van der Waals surface area contributed by atoms with Gasteiger partial charge in [-0.2, -0.15) is 0 Å². The van der Waals surface area contributed by atoms with Crippen molar-refractivity contribution in [3.05, 3.63) is 71.8 Å². The van der Waals surface area contributed by atoms with Crippen molar-refractivity contribution in [2.45, 2.75) is 38.1 Å². The van der Waals surface area contributed by atoms with Crippen LogP contribution in [0.2, 0.25) is 0 Å². The second kappa shape index (κ2) is 13.1. The molecule has 1 amide bonds. The molecule has 2 aromatic carbocycles. The maximum absolute atomic E-state index is 12.6. The first kappa shape index (κ1) is 24.0. The number of benzene rings is 2. The lowest BCUT2D eigenvalue weighted by atomic mass is 10.1. The summed E-state index contributed by atoms with van der Waals surface area (Å²) < 4.78 is 15.4. The monoisotopic (exact) mass is 428 g/mol. The van der Waals surface area contributed by atoms with E-state index >= 15 is 0 Å². The van der Waals surface area contributed by atoms with E-state index in [4.69, 9.17) is 19.9 Å². The van der Waals surface area contributed by atoms with Gasteiger partial charge in [0.25, 0.3) is 0 Å². The second-order valence-corrected chi connectivity index (χ2v) is 6.90. The molecule has 8 nitrogen and oxygen atoms in total. The Kier molecular flexibility index (Phi) is 10.2. The molecule has 8 heteroatoms. The second-order valence-electron chi connectivity index (χ2n) is 6.90. The minimum Gasteiger partial charge on any atom is -0.461 e. The average molecular weight is 428 g/mol. The van der Waals surface area contributed by atoms with Crippen LogP contribution in [-0.4, -0.2) is 43.6 Å². The van der Waals surface area contributed by atoms with Gasteiger partial charge in [0, 0.05) is 13.5 Å². The van der Waals surface area contributed by atoms with Crippen LogP contribution in [0.25, 0.3) is 0 Å². The summed E-state index contributed by atoms with van der Waals surface area (Å²) in [7, 11) is 1.42. The van der Waals surface area contributed by atoms with E-state index in [-0.39, 0.29) is 32.7 Å². The summed E-state index contributed by atoms with van der Waals surface area (Å²) in [5, 5.41) is 2.54. The number of hydrogen-bond acceptors (Lipinski definition) is 7. The van der Waals surface area contributed by atoms with Gasteiger partial charge in [0.05, 0.1) is 6.61 Å². The third kappa shape index (κ3) is 8.98. The predicted octanol–water partition coefficient (Wildman–Crippen LogP) is 1.71. The molecule has 2 aromatic rings. The van der Waals surface area contributed by atoms with Crippen LogP contribution in [-0.2, 0) is 41.8 Å². The molecule has 0 radical (unpaired) electrons. The molecule has 31 heavy (non-hydrogen) atoms. The predicted molar refractivity (Wildman–Crippen MR) is 113 cm³/mol. The lowest BCUT2D eigenvalue weighted by Crippen LogP contribution is -2.50. The van der Waals surface area contributed by atoms with Crippen molar-refractivity contribution in [3.8, 4) is 0 Å². The van der Waals surface area contributed by atoms with Gasteiger partial charge >= 0.3 is 11.9 Å². The third-order valence-corrected chi connectivity index (χ3v) is 4.39. The molecule has 3 N–H and O–H groups in total. The van der Waals surface area contributed by atoms with E-state index in [0.29, 0.717) is 0 Å². The minimum atomic E-state index is -1.04. The van der Waals surface area contributed by atoms with E-state index in [0.717, 1.165) is 11.1 Å². The Hall–Kier alpha value is -3.23. The molecular weight excluding hydrogens is 400 g/mol. The molecule has 0 saturated heterocycles. The molecule has 0 aliphatic rings. The maximum atomic E-state index is 12.6. The standard InChI is InChI=1S/C23H28N2O6/c1-29-16-19(24)22(27)25-20(23(28)31-15-18-10-6-3-7-11-18)12-13-21(26)30-14-17-8-4-2-5-9-17/h2-11,19-20H,12-16,24H2,1H3,(H,25,27)/t19-,20-/m0/s1.